The van der Waals surface area contributed by atoms with Crippen molar-refractivity contribution < 1.29 is 4.79 Å². The van der Waals surface area contributed by atoms with Gasteiger partial charge in [-0.25, -0.2) is 0 Å². The van der Waals surface area contributed by atoms with E-state index in [9.17, 15) is 4.79 Å². The van der Waals surface area contributed by atoms with Gasteiger partial charge in [-0.2, -0.15) is 0 Å². The van der Waals surface area contributed by atoms with Crippen LogP contribution in [0.5, 0.6) is 0 Å². The Morgan fingerprint density at radius 3 is 2.77 bits per heavy atom. The smallest absolute Gasteiger partial charge is 0.223 e. The molecule has 2 N–H and O–H groups in total. The second-order valence-electron chi connectivity index (χ2n) is 7.71. The molecule has 5 unspecified atom stereocenters. The quantitative estimate of drug-likeness (QED) is 0.898. The van der Waals surface area contributed by atoms with E-state index in [2.05, 4.69) is 34.9 Å². The van der Waals surface area contributed by atoms with Crippen LogP contribution < -0.4 is 10.6 Å². The van der Waals surface area contributed by atoms with Gasteiger partial charge in [0.1, 0.15) is 0 Å². The van der Waals surface area contributed by atoms with Crippen LogP contribution in [-0.4, -0.2) is 19.0 Å². The summed E-state index contributed by atoms with van der Waals surface area (Å²) in [6, 6.07) is 8.91. The van der Waals surface area contributed by atoms with E-state index in [4.69, 9.17) is 0 Å². The molecule has 0 saturated heterocycles. The lowest BCUT2D eigenvalue weighted by Crippen LogP contribution is -2.39. The van der Waals surface area contributed by atoms with Crippen LogP contribution >= 0.6 is 0 Å². The average Bonchev–Trinajstić information content (AvgIpc) is 3.00. The summed E-state index contributed by atoms with van der Waals surface area (Å²) >= 11 is 0. The third-order valence-corrected chi connectivity index (χ3v) is 6.73. The summed E-state index contributed by atoms with van der Waals surface area (Å²) in [7, 11) is 0. The Balaban J connectivity index is 1.23. The first-order chi connectivity index (χ1) is 10.8. The summed E-state index contributed by atoms with van der Waals surface area (Å²) in [5.74, 6) is 3.91. The van der Waals surface area contributed by atoms with Gasteiger partial charge in [0.25, 0.3) is 0 Å². The van der Waals surface area contributed by atoms with Gasteiger partial charge in [0, 0.05) is 18.5 Å². The Kier molecular flexibility index (Phi) is 2.88. The Hall–Kier alpha value is -1.35. The highest BCUT2D eigenvalue weighted by Crippen LogP contribution is 2.69. The molecule has 3 saturated carbocycles. The largest absolute Gasteiger partial charge is 0.354 e. The number of hydrogen-bond donors (Lipinski definition) is 2. The topological polar surface area (TPSA) is 41.1 Å². The van der Waals surface area contributed by atoms with Crippen LogP contribution in [0.15, 0.2) is 24.3 Å². The minimum Gasteiger partial charge on any atom is -0.354 e. The molecule has 1 amide bonds. The van der Waals surface area contributed by atoms with E-state index in [-0.39, 0.29) is 6.04 Å². The first-order valence-electron chi connectivity index (χ1n) is 8.92. The van der Waals surface area contributed by atoms with Gasteiger partial charge >= 0.3 is 0 Å². The van der Waals surface area contributed by atoms with Crippen molar-refractivity contribution in [1.29, 1.82) is 0 Å². The SMILES string of the molecule is O=C(NCC1NCCc2ccccc21)C1C2C3CCC(C3)C12. The van der Waals surface area contributed by atoms with E-state index in [0.29, 0.717) is 11.8 Å². The fourth-order valence-corrected chi connectivity index (χ4v) is 5.77. The van der Waals surface area contributed by atoms with Crippen molar-refractivity contribution in [3.05, 3.63) is 35.4 Å². The van der Waals surface area contributed by atoms with E-state index in [1.54, 1.807) is 0 Å². The van der Waals surface area contributed by atoms with Crippen LogP contribution in [0.1, 0.15) is 36.4 Å². The van der Waals surface area contributed by atoms with E-state index in [0.717, 1.165) is 43.2 Å². The molecule has 4 aliphatic rings. The summed E-state index contributed by atoms with van der Waals surface area (Å²) in [5.41, 5.74) is 2.80. The third kappa shape index (κ3) is 1.88. The van der Waals surface area contributed by atoms with Gasteiger partial charge in [0.2, 0.25) is 5.91 Å². The molecule has 0 spiro atoms. The molecule has 116 valence electrons. The van der Waals surface area contributed by atoms with Crippen LogP contribution in [0.3, 0.4) is 0 Å². The molecule has 22 heavy (non-hydrogen) atoms. The molecule has 3 nitrogen and oxygen atoms in total. The number of rotatable bonds is 3. The Morgan fingerprint density at radius 2 is 1.95 bits per heavy atom. The van der Waals surface area contributed by atoms with Crippen LogP contribution in [0.2, 0.25) is 0 Å². The van der Waals surface area contributed by atoms with Crippen LogP contribution in [0.4, 0.5) is 0 Å². The molecule has 5 rings (SSSR count). The molecule has 1 aliphatic heterocycles. The highest BCUT2D eigenvalue weighted by Gasteiger charge is 2.67. The third-order valence-electron chi connectivity index (χ3n) is 6.73. The molecule has 0 aromatic heterocycles. The molecule has 5 atom stereocenters. The average molecular weight is 296 g/mol. The molecule has 3 heteroatoms. The predicted molar refractivity (Wildman–Crippen MR) is 85.2 cm³/mol. The lowest BCUT2D eigenvalue weighted by atomic mass is 9.94. The molecule has 3 fully saturated rings. The standard InChI is InChI=1S/C19H24N2O/c22-19(18-16-12-5-6-13(9-12)17(16)18)21-10-15-14-4-2-1-3-11(14)7-8-20-15/h1-4,12-13,15-18,20H,5-10H2,(H,21,22). The molecule has 0 radical (unpaired) electrons. The second-order valence-corrected chi connectivity index (χ2v) is 7.71. The first kappa shape index (κ1) is 13.1. The van der Waals surface area contributed by atoms with Gasteiger partial charge in [-0.3, -0.25) is 4.79 Å². The van der Waals surface area contributed by atoms with Crippen molar-refractivity contribution >= 4 is 5.91 Å². The maximum absolute atomic E-state index is 12.6. The highest BCUT2D eigenvalue weighted by atomic mass is 16.2. The van der Waals surface area contributed by atoms with Crippen molar-refractivity contribution in [2.45, 2.75) is 31.7 Å². The summed E-state index contributed by atoms with van der Waals surface area (Å²) in [4.78, 5) is 12.6. The van der Waals surface area contributed by atoms with Crippen molar-refractivity contribution in [3.63, 3.8) is 0 Å². The Bertz CT molecular complexity index is 597. The minimum atomic E-state index is 0.282. The minimum absolute atomic E-state index is 0.282. The predicted octanol–water partition coefficient (Wildman–Crippen LogP) is 2.28. The normalized spacial score (nSPS) is 40.9. The molecule has 3 aliphatic carbocycles. The van der Waals surface area contributed by atoms with Gasteiger partial charge < -0.3 is 10.6 Å². The zero-order valence-electron chi connectivity index (χ0n) is 12.9. The summed E-state index contributed by atoms with van der Waals surface area (Å²) in [6.07, 6.45) is 5.27. The van der Waals surface area contributed by atoms with Crippen LogP contribution in [0, 0.1) is 29.6 Å². The molecule has 2 bridgehead atoms. The summed E-state index contributed by atoms with van der Waals surface area (Å²) in [5, 5.41) is 6.81. The maximum Gasteiger partial charge on any atom is 0.223 e. The first-order valence-corrected chi connectivity index (χ1v) is 8.92. The Morgan fingerprint density at radius 1 is 1.18 bits per heavy atom. The molecule has 1 aromatic rings. The number of fused-ring (bicyclic) bond motifs is 6. The molecular formula is C19H24N2O. The van der Waals surface area contributed by atoms with Crippen molar-refractivity contribution in [2.75, 3.05) is 13.1 Å². The van der Waals surface area contributed by atoms with Crippen LogP contribution in [0.25, 0.3) is 0 Å². The zero-order valence-corrected chi connectivity index (χ0v) is 12.9. The number of benzene rings is 1. The number of carbonyl (C=O) groups is 1. The van der Waals surface area contributed by atoms with Gasteiger partial charge in [-0.05, 0) is 67.0 Å². The number of hydrogen-bond acceptors (Lipinski definition) is 2. The molecule has 1 aromatic carbocycles. The lowest BCUT2D eigenvalue weighted by molar-refractivity contribution is -0.123. The van der Waals surface area contributed by atoms with E-state index in [1.807, 2.05) is 0 Å². The van der Waals surface area contributed by atoms with Crippen molar-refractivity contribution in [2.24, 2.45) is 29.6 Å². The fraction of sp³-hybridized carbons (Fsp3) is 0.632. The number of carbonyl (C=O) groups excluding carboxylic acids is 1. The number of amides is 1. The van der Waals surface area contributed by atoms with E-state index < -0.39 is 0 Å². The van der Waals surface area contributed by atoms with Gasteiger partial charge in [-0.15, -0.1) is 0 Å². The van der Waals surface area contributed by atoms with Crippen LogP contribution in [-0.2, 0) is 11.2 Å². The Labute approximate surface area is 131 Å². The number of nitrogens with one attached hydrogen (secondary N) is 2. The van der Waals surface area contributed by atoms with Gasteiger partial charge in [0.15, 0.2) is 0 Å². The fourth-order valence-electron chi connectivity index (χ4n) is 5.77. The second kappa shape index (κ2) is 4.82. The summed E-state index contributed by atoms with van der Waals surface area (Å²) < 4.78 is 0. The molecule has 1 heterocycles. The zero-order chi connectivity index (χ0) is 14.7. The van der Waals surface area contributed by atoms with Crippen molar-refractivity contribution in [1.82, 2.24) is 10.6 Å². The van der Waals surface area contributed by atoms with Gasteiger partial charge in [-0.1, -0.05) is 24.3 Å². The van der Waals surface area contributed by atoms with Gasteiger partial charge in [0.05, 0.1) is 0 Å². The van der Waals surface area contributed by atoms with E-state index in [1.165, 1.54) is 30.4 Å². The maximum atomic E-state index is 12.6. The molecular weight excluding hydrogens is 272 g/mol. The monoisotopic (exact) mass is 296 g/mol. The summed E-state index contributed by atoms with van der Waals surface area (Å²) in [6.45, 7) is 1.75. The lowest BCUT2D eigenvalue weighted by Gasteiger charge is -2.27. The van der Waals surface area contributed by atoms with Crippen molar-refractivity contribution in [3.8, 4) is 0 Å². The van der Waals surface area contributed by atoms with E-state index >= 15 is 0 Å². The highest BCUT2D eigenvalue weighted by molar-refractivity contribution is 5.82.